The van der Waals surface area contributed by atoms with Crippen molar-refractivity contribution in [3.05, 3.63) is 34.9 Å². The fraction of sp³-hybridized carbons (Fsp3) is 0.400. The van der Waals surface area contributed by atoms with Crippen LogP contribution in [0.4, 0.5) is 0 Å². The summed E-state index contributed by atoms with van der Waals surface area (Å²) in [6, 6.07) is 5.41. The molecule has 19 heavy (non-hydrogen) atoms. The van der Waals surface area contributed by atoms with Crippen LogP contribution in [0, 0.1) is 18.8 Å². The van der Waals surface area contributed by atoms with Crippen molar-refractivity contribution in [2.45, 2.75) is 19.4 Å². The molecule has 100 valence electrons. The van der Waals surface area contributed by atoms with Crippen molar-refractivity contribution in [2.75, 3.05) is 19.7 Å². The van der Waals surface area contributed by atoms with Crippen LogP contribution in [0.1, 0.15) is 27.9 Å². The van der Waals surface area contributed by atoms with Crippen LogP contribution in [-0.4, -0.2) is 46.8 Å². The predicted molar refractivity (Wildman–Crippen MR) is 71.7 cm³/mol. The second kappa shape index (κ2) is 5.87. The average Bonchev–Trinajstić information content (AvgIpc) is 2.81. The van der Waals surface area contributed by atoms with Crippen molar-refractivity contribution < 1.29 is 15.0 Å². The number of hydrogen-bond donors (Lipinski definition) is 2. The minimum atomic E-state index is -0.414. The summed E-state index contributed by atoms with van der Waals surface area (Å²) in [4.78, 5) is 13.9. The molecule has 1 aliphatic heterocycles. The second-order valence-electron chi connectivity index (χ2n) is 4.74. The molecule has 0 bridgehead atoms. The Morgan fingerprint density at radius 1 is 1.47 bits per heavy atom. The summed E-state index contributed by atoms with van der Waals surface area (Å²) in [6.07, 6.45) is 0.219. The number of carbonyl (C=O) groups is 1. The van der Waals surface area contributed by atoms with Crippen molar-refractivity contribution >= 4 is 5.91 Å². The van der Waals surface area contributed by atoms with E-state index in [-0.39, 0.29) is 12.5 Å². The van der Waals surface area contributed by atoms with Crippen LogP contribution in [0.15, 0.2) is 18.2 Å². The summed E-state index contributed by atoms with van der Waals surface area (Å²) in [7, 11) is 0. The van der Waals surface area contributed by atoms with Crippen molar-refractivity contribution in [2.24, 2.45) is 0 Å². The zero-order valence-corrected chi connectivity index (χ0v) is 10.9. The van der Waals surface area contributed by atoms with E-state index >= 15 is 0 Å². The summed E-state index contributed by atoms with van der Waals surface area (Å²) in [5.74, 6) is 5.31. The zero-order valence-electron chi connectivity index (χ0n) is 10.9. The van der Waals surface area contributed by atoms with E-state index in [1.54, 1.807) is 11.0 Å². The molecule has 1 aromatic rings. The first-order valence-electron chi connectivity index (χ1n) is 6.29. The van der Waals surface area contributed by atoms with Gasteiger partial charge >= 0.3 is 0 Å². The third-order valence-electron chi connectivity index (χ3n) is 3.09. The van der Waals surface area contributed by atoms with Crippen LogP contribution in [0.2, 0.25) is 0 Å². The Hall–Kier alpha value is -1.83. The van der Waals surface area contributed by atoms with Gasteiger partial charge in [-0.15, -0.1) is 0 Å². The lowest BCUT2D eigenvalue weighted by Gasteiger charge is -2.16. The molecule has 1 saturated heterocycles. The minimum Gasteiger partial charge on any atom is -0.391 e. The number of nitrogens with zero attached hydrogens (tertiary/aromatic N) is 1. The number of likely N-dealkylation sites (tertiary alicyclic amines) is 1. The number of β-amino-alcohol motifs (C(OH)–C–C–N with tert-alkyl or cyclic N) is 1. The van der Waals surface area contributed by atoms with Crippen LogP contribution >= 0.6 is 0 Å². The molecule has 1 amide bonds. The molecule has 0 spiro atoms. The quantitative estimate of drug-likeness (QED) is 0.724. The maximum Gasteiger partial charge on any atom is 0.253 e. The molecule has 1 aromatic carbocycles. The summed E-state index contributed by atoms with van der Waals surface area (Å²) in [5.41, 5.74) is 2.25. The number of hydrogen-bond acceptors (Lipinski definition) is 3. The maximum atomic E-state index is 12.3. The van der Waals surface area contributed by atoms with Crippen LogP contribution in [-0.2, 0) is 0 Å². The fourth-order valence-corrected chi connectivity index (χ4v) is 2.23. The minimum absolute atomic E-state index is 0.0766. The SMILES string of the molecule is Cc1cc(C#CCO)cc(C(=O)N2CCC(O)C2)c1. The van der Waals surface area contributed by atoms with E-state index in [0.717, 1.165) is 11.1 Å². The van der Waals surface area contributed by atoms with E-state index in [1.165, 1.54) is 0 Å². The molecule has 0 radical (unpaired) electrons. The van der Waals surface area contributed by atoms with Gasteiger partial charge in [0.2, 0.25) is 0 Å². The van der Waals surface area contributed by atoms with Crippen molar-refractivity contribution in [1.82, 2.24) is 4.90 Å². The molecule has 1 atom stereocenters. The molecular formula is C15H17NO3. The van der Waals surface area contributed by atoms with Crippen LogP contribution in [0.3, 0.4) is 0 Å². The first kappa shape index (κ1) is 13.6. The highest BCUT2D eigenvalue weighted by atomic mass is 16.3. The van der Waals surface area contributed by atoms with Gasteiger partial charge < -0.3 is 15.1 Å². The maximum absolute atomic E-state index is 12.3. The summed E-state index contributed by atoms with van der Waals surface area (Å²) >= 11 is 0. The first-order chi connectivity index (χ1) is 9.10. The van der Waals surface area contributed by atoms with Gasteiger partial charge in [0.25, 0.3) is 5.91 Å². The molecular weight excluding hydrogens is 242 g/mol. The topological polar surface area (TPSA) is 60.8 Å². The smallest absolute Gasteiger partial charge is 0.253 e. The average molecular weight is 259 g/mol. The molecule has 0 aromatic heterocycles. The molecule has 0 saturated carbocycles. The van der Waals surface area contributed by atoms with Crippen LogP contribution in [0.25, 0.3) is 0 Å². The highest BCUT2D eigenvalue weighted by Gasteiger charge is 2.25. The first-order valence-corrected chi connectivity index (χ1v) is 6.29. The molecule has 2 N–H and O–H groups in total. The normalized spacial score (nSPS) is 18.1. The molecule has 1 unspecified atom stereocenters. The third-order valence-corrected chi connectivity index (χ3v) is 3.09. The van der Waals surface area contributed by atoms with Crippen molar-refractivity contribution in [3.8, 4) is 11.8 Å². The number of aliphatic hydroxyl groups excluding tert-OH is 2. The number of amides is 1. The fourth-order valence-electron chi connectivity index (χ4n) is 2.23. The number of rotatable bonds is 1. The Kier molecular flexibility index (Phi) is 4.20. The highest BCUT2D eigenvalue weighted by Crippen LogP contribution is 2.16. The second-order valence-corrected chi connectivity index (χ2v) is 4.74. The molecule has 1 fully saturated rings. The molecule has 4 nitrogen and oxygen atoms in total. The highest BCUT2D eigenvalue weighted by molar-refractivity contribution is 5.95. The molecule has 2 rings (SSSR count). The van der Waals surface area contributed by atoms with Gasteiger partial charge in [0.15, 0.2) is 0 Å². The van der Waals surface area contributed by atoms with E-state index < -0.39 is 6.10 Å². The Morgan fingerprint density at radius 3 is 2.89 bits per heavy atom. The summed E-state index contributed by atoms with van der Waals surface area (Å²) < 4.78 is 0. The zero-order chi connectivity index (χ0) is 13.8. The summed E-state index contributed by atoms with van der Waals surface area (Å²) in [5, 5.41) is 18.2. The van der Waals surface area contributed by atoms with Gasteiger partial charge in [-0.3, -0.25) is 4.79 Å². The number of benzene rings is 1. The summed E-state index contributed by atoms with van der Waals surface area (Å²) in [6.45, 7) is 2.69. The lowest BCUT2D eigenvalue weighted by Crippen LogP contribution is -2.29. The van der Waals surface area contributed by atoms with Crippen molar-refractivity contribution in [3.63, 3.8) is 0 Å². The van der Waals surface area contributed by atoms with Gasteiger partial charge in [-0.25, -0.2) is 0 Å². The van der Waals surface area contributed by atoms with E-state index in [0.29, 0.717) is 25.1 Å². The number of aryl methyl sites for hydroxylation is 1. The molecule has 4 heteroatoms. The van der Waals surface area contributed by atoms with Gasteiger partial charge in [-0.05, 0) is 37.1 Å². The van der Waals surface area contributed by atoms with Gasteiger partial charge in [0, 0.05) is 24.2 Å². The third kappa shape index (κ3) is 3.34. The largest absolute Gasteiger partial charge is 0.391 e. The van der Waals surface area contributed by atoms with Gasteiger partial charge in [-0.1, -0.05) is 11.8 Å². The Morgan fingerprint density at radius 2 is 2.26 bits per heavy atom. The van der Waals surface area contributed by atoms with Crippen LogP contribution in [0.5, 0.6) is 0 Å². The standard InChI is InChI=1S/C15H17NO3/c1-11-7-12(3-2-6-17)9-13(8-11)15(19)16-5-4-14(18)10-16/h7-9,14,17-18H,4-6,10H2,1H3. The van der Waals surface area contributed by atoms with E-state index in [2.05, 4.69) is 11.8 Å². The number of aliphatic hydroxyl groups is 2. The van der Waals surface area contributed by atoms with Crippen LogP contribution < -0.4 is 0 Å². The van der Waals surface area contributed by atoms with Gasteiger partial charge in [0.05, 0.1) is 6.10 Å². The van der Waals surface area contributed by atoms with Gasteiger partial charge in [0.1, 0.15) is 6.61 Å². The van der Waals surface area contributed by atoms with E-state index in [4.69, 9.17) is 5.11 Å². The monoisotopic (exact) mass is 259 g/mol. The molecule has 0 aliphatic carbocycles. The van der Waals surface area contributed by atoms with E-state index in [9.17, 15) is 9.90 Å². The molecule has 1 heterocycles. The Bertz CT molecular complexity index is 542. The lowest BCUT2D eigenvalue weighted by molar-refractivity contribution is 0.0765. The van der Waals surface area contributed by atoms with Gasteiger partial charge in [-0.2, -0.15) is 0 Å². The predicted octanol–water partition coefficient (Wildman–Crippen LogP) is 0.546. The number of carbonyl (C=O) groups excluding carboxylic acids is 1. The van der Waals surface area contributed by atoms with Crippen molar-refractivity contribution in [1.29, 1.82) is 0 Å². The Labute approximate surface area is 112 Å². The Balaban J connectivity index is 2.24. The lowest BCUT2D eigenvalue weighted by atomic mass is 10.1. The molecule has 1 aliphatic rings. The van der Waals surface area contributed by atoms with E-state index in [1.807, 2.05) is 19.1 Å².